The summed E-state index contributed by atoms with van der Waals surface area (Å²) in [5, 5.41) is 0. The van der Waals surface area contributed by atoms with Crippen LogP contribution in [0.2, 0.25) is 0 Å². The number of fused-ring (bicyclic) bond motifs is 1. The van der Waals surface area contributed by atoms with Crippen LogP contribution in [0.3, 0.4) is 0 Å². The molecule has 2 aromatic carbocycles. The largest absolute Gasteiger partial charge is 0.252 e. The van der Waals surface area contributed by atoms with Crippen LogP contribution in [0.1, 0.15) is 95.6 Å². The van der Waals surface area contributed by atoms with Crippen molar-refractivity contribution in [3.8, 4) is 11.3 Å². The lowest BCUT2D eigenvalue weighted by Crippen LogP contribution is -1.92. The third-order valence-electron chi connectivity index (χ3n) is 6.24. The Morgan fingerprint density at radius 2 is 1.16 bits per heavy atom. The van der Waals surface area contributed by atoms with Gasteiger partial charge in [0.1, 0.15) is 0 Å². The SMILES string of the molecule is CCCCCCCCCCc1ccc2nc(-c3ccc(CCCCC)cc3)cnc2c1. The fourth-order valence-corrected chi connectivity index (χ4v) is 4.24. The first kappa shape index (κ1) is 23.4. The number of nitrogens with zero attached hydrogens (tertiary/aromatic N) is 2. The molecule has 1 heterocycles. The van der Waals surface area contributed by atoms with Crippen LogP contribution in [0, 0.1) is 0 Å². The molecular formula is C29H40N2. The van der Waals surface area contributed by atoms with Crippen molar-refractivity contribution < 1.29 is 0 Å². The third-order valence-corrected chi connectivity index (χ3v) is 6.24. The van der Waals surface area contributed by atoms with Gasteiger partial charge in [0.05, 0.1) is 22.9 Å². The van der Waals surface area contributed by atoms with Crippen molar-refractivity contribution in [1.29, 1.82) is 0 Å². The van der Waals surface area contributed by atoms with Crippen LogP contribution in [0.5, 0.6) is 0 Å². The van der Waals surface area contributed by atoms with E-state index in [1.165, 1.54) is 88.2 Å². The number of hydrogen-bond donors (Lipinski definition) is 0. The lowest BCUT2D eigenvalue weighted by molar-refractivity contribution is 0.575. The third kappa shape index (κ3) is 7.76. The lowest BCUT2D eigenvalue weighted by Gasteiger charge is -2.07. The normalized spacial score (nSPS) is 11.3. The number of aromatic nitrogens is 2. The first-order chi connectivity index (χ1) is 15.3. The van der Waals surface area contributed by atoms with Crippen LogP contribution < -0.4 is 0 Å². The molecule has 0 unspecified atom stereocenters. The minimum absolute atomic E-state index is 0.962. The van der Waals surface area contributed by atoms with E-state index in [1.54, 1.807) is 0 Å². The van der Waals surface area contributed by atoms with E-state index in [9.17, 15) is 0 Å². The van der Waals surface area contributed by atoms with E-state index in [2.05, 4.69) is 56.3 Å². The summed E-state index contributed by atoms with van der Waals surface area (Å²) >= 11 is 0. The maximum Gasteiger partial charge on any atom is 0.0894 e. The number of benzene rings is 2. The predicted octanol–water partition coefficient (Wildman–Crippen LogP) is 8.71. The lowest BCUT2D eigenvalue weighted by atomic mass is 10.0. The zero-order valence-electron chi connectivity index (χ0n) is 19.7. The Morgan fingerprint density at radius 1 is 0.581 bits per heavy atom. The molecule has 0 aliphatic carbocycles. The maximum absolute atomic E-state index is 4.87. The topological polar surface area (TPSA) is 25.8 Å². The van der Waals surface area contributed by atoms with E-state index in [-0.39, 0.29) is 0 Å². The number of rotatable bonds is 14. The molecule has 0 radical (unpaired) electrons. The van der Waals surface area contributed by atoms with Crippen LogP contribution in [0.4, 0.5) is 0 Å². The fraction of sp³-hybridized carbons (Fsp3) is 0.517. The molecule has 0 bridgehead atoms. The molecule has 1 aromatic heterocycles. The Hall–Kier alpha value is -2.22. The summed E-state index contributed by atoms with van der Waals surface area (Å²) in [4.78, 5) is 9.60. The van der Waals surface area contributed by atoms with Crippen LogP contribution in [0.25, 0.3) is 22.3 Å². The zero-order chi connectivity index (χ0) is 21.7. The van der Waals surface area contributed by atoms with Gasteiger partial charge in [0.25, 0.3) is 0 Å². The minimum atomic E-state index is 0.962. The van der Waals surface area contributed by atoms with E-state index < -0.39 is 0 Å². The molecule has 3 rings (SSSR count). The molecule has 0 aliphatic heterocycles. The first-order valence-electron chi connectivity index (χ1n) is 12.6. The zero-order valence-corrected chi connectivity index (χ0v) is 19.7. The molecule has 0 saturated heterocycles. The molecule has 0 spiro atoms. The average Bonchev–Trinajstić information content (AvgIpc) is 2.81. The van der Waals surface area contributed by atoms with Gasteiger partial charge in [-0.2, -0.15) is 0 Å². The van der Waals surface area contributed by atoms with Crippen LogP contribution in [-0.2, 0) is 12.8 Å². The number of aryl methyl sites for hydroxylation is 2. The highest BCUT2D eigenvalue weighted by Gasteiger charge is 2.05. The molecule has 0 aliphatic rings. The summed E-state index contributed by atoms with van der Waals surface area (Å²) in [5.41, 5.74) is 6.91. The molecular weight excluding hydrogens is 376 g/mol. The summed E-state index contributed by atoms with van der Waals surface area (Å²) < 4.78 is 0. The molecule has 166 valence electrons. The van der Waals surface area contributed by atoms with Crippen molar-refractivity contribution in [1.82, 2.24) is 9.97 Å². The molecule has 2 nitrogen and oxygen atoms in total. The van der Waals surface area contributed by atoms with Crippen molar-refractivity contribution in [2.75, 3.05) is 0 Å². The molecule has 0 amide bonds. The molecule has 2 heteroatoms. The van der Waals surface area contributed by atoms with Gasteiger partial charge in [-0.05, 0) is 48.9 Å². The van der Waals surface area contributed by atoms with Gasteiger partial charge in [0.15, 0.2) is 0 Å². The summed E-state index contributed by atoms with van der Waals surface area (Å²) in [6.07, 6.45) is 19.0. The summed E-state index contributed by atoms with van der Waals surface area (Å²) in [6, 6.07) is 15.5. The van der Waals surface area contributed by atoms with Gasteiger partial charge < -0.3 is 0 Å². The highest BCUT2D eigenvalue weighted by Crippen LogP contribution is 2.22. The van der Waals surface area contributed by atoms with Gasteiger partial charge >= 0.3 is 0 Å². The predicted molar refractivity (Wildman–Crippen MR) is 135 cm³/mol. The Morgan fingerprint density at radius 3 is 1.90 bits per heavy atom. The summed E-state index contributed by atoms with van der Waals surface area (Å²) in [6.45, 7) is 4.53. The molecule has 3 aromatic rings. The highest BCUT2D eigenvalue weighted by molar-refractivity contribution is 5.77. The standard InChI is InChI=1S/C29H40N2/c1-3-5-7-8-9-10-11-13-15-25-18-21-27-28(22-25)30-23-29(31-27)26-19-16-24(17-20-26)14-12-6-4-2/h16-23H,3-15H2,1-2H3. The number of hydrogen-bond acceptors (Lipinski definition) is 2. The van der Waals surface area contributed by atoms with E-state index >= 15 is 0 Å². The fourth-order valence-electron chi connectivity index (χ4n) is 4.24. The van der Waals surface area contributed by atoms with Gasteiger partial charge in [0, 0.05) is 5.56 Å². The second kappa shape index (κ2) is 13.2. The maximum atomic E-state index is 4.87. The average molecular weight is 417 g/mol. The van der Waals surface area contributed by atoms with Crippen molar-refractivity contribution >= 4 is 11.0 Å². The van der Waals surface area contributed by atoms with Gasteiger partial charge in [0.2, 0.25) is 0 Å². The second-order valence-corrected chi connectivity index (χ2v) is 8.96. The molecule has 0 fully saturated rings. The van der Waals surface area contributed by atoms with Gasteiger partial charge in [-0.1, -0.05) is 102 Å². The second-order valence-electron chi connectivity index (χ2n) is 8.96. The minimum Gasteiger partial charge on any atom is -0.252 e. The summed E-state index contributed by atoms with van der Waals surface area (Å²) in [5.74, 6) is 0. The highest BCUT2D eigenvalue weighted by atomic mass is 14.8. The van der Waals surface area contributed by atoms with E-state index in [0.29, 0.717) is 0 Å². The quantitative estimate of drug-likeness (QED) is 0.245. The molecule has 0 N–H and O–H groups in total. The van der Waals surface area contributed by atoms with E-state index in [4.69, 9.17) is 9.97 Å². The molecule has 0 atom stereocenters. The van der Waals surface area contributed by atoms with E-state index in [0.717, 1.165) is 28.7 Å². The Kier molecular flexibility index (Phi) is 10.0. The number of unbranched alkanes of at least 4 members (excludes halogenated alkanes) is 9. The van der Waals surface area contributed by atoms with Crippen LogP contribution in [0.15, 0.2) is 48.7 Å². The van der Waals surface area contributed by atoms with Crippen molar-refractivity contribution in [2.45, 2.75) is 97.3 Å². The van der Waals surface area contributed by atoms with Gasteiger partial charge in [-0.3, -0.25) is 4.98 Å². The monoisotopic (exact) mass is 416 g/mol. The van der Waals surface area contributed by atoms with Crippen LogP contribution >= 0.6 is 0 Å². The van der Waals surface area contributed by atoms with Gasteiger partial charge in [-0.25, -0.2) is 4.98 Å². The van der Waals surface area contributed by atoms with Crippen LogP contribution in [-0.4, -0.2) is 9.97 Å². The van der Waals surface area contributed by atoms with Crippen molar-refractivity contribution in [2.24, 2.45) is 0 Å². The molecule has 31 heavy (non-hydrogen) atoms. The Bertz CT molecular complexity index is 898. The Labute approximate surface area is 189 Å². The molecule has 0 saturated carbocycles. The first-order valence-corrected chi connectivity index (χ1v) is 12.6. The van der Waals surface area contributed by atoms with Crippen molar-refractivity contribution in [3.05, 3.63) is 59.8 Å². The smallest absolute Gasteiger partial charge is 0.0894 e. The van der Waals surface area contributed by atoms with Gasteiger partial charge in [-0.15, -0.1) is 0 Å². The summed E-state index contributed by atoms with van der Waals surface area (Å²) in [7, 11) is 0. The Balaban J connectivity index is 1.51. The van der Waals surface area contributed by atoms with Crippen molar-refractivity contribution in [3.63, 3.8) is 0 Å². The van der Waals surface area contributed by atoms with E-state index in [1.807, 2.05) is 6.20 Å².